The number of anilines is 1. The van der Waals surface area contributed by atoms with Gasteiger partial charge in [0.1, 0.15) is 5.82 Å². The average molecular weight is 263 g/mol. The van der Waals surface area contributed by atoms with E-state index in [0.717, 1.165) is 16.5 Å². The van der Waals surface area contributed by atoms with Crippen molar-refractivity contribution in [1.82, 2.24) is 4.98 Å². The van der Waals surface area contributed by atoms with E-state index in [1.165, 1.54) is 5.56 Å². The minimum absolute atomic E-state index is 0.534. The molecule has 1 aromatic carbocycles. The van der Waals surface area contributed by atoms with Crippen molar-refractivity contribution in [1.29, 1.82) is 0 Å². The van der Waals surface area contributed by atoms with Gasteiger partial charge in [0, 0.05) is 6.20 Å². The highest BCUT2D eigenvalue weighted by molar-refractivity contribution is 9.10. The molecule has 0 bridgehead atoms. The van der Waals surface area contributed by atoms with Gasteiger partial charge in [-0.2, -0.15) is 0 Å². The first-order valence-corrected chi connectivity index (χ1v) is 5.49. The minimum Gasteiger partial charge on any atom is -0.383 e. The van der Waals surface area contributed by atoms with Crippen LogP contribution in [0.5, 0.6) is 0 Å². The third-order valence-corrected chi connectivity index (χ3v) is 2.81. The van der Waals surface area contributed by atoms with Crippen LogP contribution in [0.2, 0.25) is 0 Å². The molecule has 3 heteroatoms. The number of benzene rings is 1. The van der Waals surface area contributed by atoms with Crippen LogP contribution in [-0.2, 0) is 6.42 Å². The molecular weight excluding hydrogens is 252 g/mol. The second-order valence-corrected chi connectivity index (χ2v) is 4.23. The molecule has 1 heterocycles. The number of rotatable bonds is 2. The summed E-state index contributed by atoms with van der Waals surface area (Å²) in [5.41, 5.74) is 8.05. The van der Waals surface area contributed by atoms with Gasteiger partial charge < -0.3 is 5.73 Å². The Morgan fingerprint density at radius 1 is 1.13 bits per heavy atom. The summed E-state index contributed by atoms with van der Waals surface area (Å²) in [4.78, 5) is 4.11. The number of hydrogen-bond donors (Lipinski definition) is 1. The summed E-state index contributed by atoms with van der Waals surface area (Å²) in [7, 11) is 0. The molecule has 2 aromatic rings. The molecule has 15 heavy (non-hydrogen) atoms. The van der Waals surface area contributed by atoms with Crippen molar-refractivity contribution in [2.75, 3.05) is 5.73 Å². The highest BCUT2D eigenvalue weighted by Crippen LogP contribution is 2.19. The van der Waals surface area contributed by atoms with E-state index in [4.69, 9.17) is 5.73 Å². The maximum atomic E-state index is 5.62. The summed E-state index contributed by atoms with van der Waals surface area (Å²) in [6, 6.07) is 12.3. The molecule has 0 spiro atoms. The average Bonchev–Trinajstić information content (AvgIpc) is 2.25. The Balaban J connectivity index is 2.22. The number of halogens is 1. The molecule has 2 N–H and O–H groups in total. The van der Waals surface area contributed by atoms with Crippen molar-refractivity contribution in [2.45, 2.75) is 6.42 Å². The van der Waals surface area contributed by atoms with Crippen LogP contribution >= 0.6 is 15.9 Å². The molecule has 0 aliphatic rings. The van der Waals surface area contributed by atoms with Gasteiger partial charge in [-0.05, 0) is 39.5 Å². The van der Waals surface area contributed by atoms with Gasteiger partial charge in [0.15, 0.2) is 0 Å². The molecule has 1 aromatic heterocycles. The topological polar surface area (TPSA) is 38.9 Å². The predicted molar refractivity (Wildman–Crippen MR) is 65.6 cm³/mol. The summed E-state index contributed by atoms with van der Waals surface area (Å²) in [5.74, 6) is 0.534. The molecule has 0 atom stereocenters. The molecule has 76 valence electrons. The lowest BCUT2D eigenvalue weighted by Gasteiger charge is -2.03. The van der Waals surface area contributed by atoms with E-state index in [-0.39, 0.29) is 0 Å². The van der Waals surface area contributed by atoms with Gasteiger partial charge in [0.2, 0.25) is 0 Å². The number of aromatic nitrogens is 1. The fraction of sp³-hybridized carbons (Fsp3) is 0.0833. The van der Waals surface area contributed by atoms with Gasteiger partial charge >= 0.3 is 0 Å². The van der Waals surface area contributed by atoms with E-state index < -0.39 is 0 Å². The predicted octanol–water partition coefficient (Wildman–Crippen LogP) is 3.02. The lowest BCUT2D eigenvalue weighted by molar-refractivity contribution is 1.14. The van der Waals surface area contributed by atoms with Gasteiger partial charge in [-0.15, -0.1) is 0 Å². The number of nitrogen functional groups attached to an aromatic ring is 1. The normalized spacial score (nSPS) is 10.2. The van der Waals surface area contributed by atoms with Crippen molar-refractivity contribution in [3.05, 3.63) is 58.2 Å². The van der Waals surface area contributed by atoms with Crippen LogP contribution in [0.3, 0.4) is 0 Å². The van der Waals surface area contributed by atoms with Gasteiger partial charge in [-0.3, -0.25) is 0 Å². The molecule has 0 radical (unpaired) electrons. The summed E-state index contributed by atoms with van der Waals surface area (Å²) < 4.78 is 0.857. The minimum atomic E-state index is 0.534. The fourth-order valence-corrected chi connectivity index (χ4v) is 1.81. The van der Waals surface area contributed by atoms with Crippen LogP contribution in [0.25, 0.3) is 0 Å². The summed E-state index contributed by atoms with van der Waals surface area (Å²) >= 11 is 3.37. The third kappa shape index (κ3) is 2.57. The van der Waals surface area contributed by atoms with E-state index in [9.17, 15) is 0 Å². The molecule has 0 aliphatic heterocycles. The van der Waals surface area contributed by atoms with E-state index in [1.54, 1.807) is 0 Å². The first-order chi connectivity index (χ1) is 7.25. The van der Waals surface area contributed by atoms with Crippen LogP contribution in [-0.4, -0.2) is 4.98 Å². The van der Waals surface area contributed by atoms with Crippen molar-refractivity contribution < 1.29 is 0 Å². The van der Waals surface area contributed by atoms with Crippen LogP contribution in [0.15, 0.2) is 47.1 Å². The second-order valence-electron chi connectivity index (χ2n) is 3.37. The first-order valence-electron chi connectivity index (χ1n) is 4.69. The lowest BCUT2D eigenvalue weighted by Crippen LogP contribution is -1.94. The van der Waals surface area contributed by atoms with E-state index >= 15 is 0 Å². The molecule has 0 saturated carbocycles. The molecule has 0 fully saturated rings. The molecule has 0 aliphatic carbocycles. The van der Waals surface area contributed by atoms with Gasteiger partial charge in [0.25, 0.3) is 0 Å². The summed E-state index contributed by atoms with van der Waals surface area (Å²) in [6.07, 6.45) is 2.69. The van der Waals surface area contributed by atoms with Crippen LogP contribution < -0.4 is 5.73 Å². The molecule has 2 rings (SSSR count). The van der Waals surface area contributed by atoms with E-state index in [1.807, 2.05) is 30.5 Å². The maximum Gasteiger partial charge on any atom is 0.137 e. The van der Waals surface area contributed by atoms with Crippen molar-refractivity contribution >= 4 is 21.7 Å². The molecular formula is C12H11BrN2. The maximum absolute atomic E-state index is 5.62. The Morgan fingerprint density at radius 2 is 1.87 bits per heavy atom. The highest BCUT2D eigenvalue weighted by atomic mass is 79.9. The molecule has 0 unspecified atom stereocenters. The van der Waals surface area contributed by atoms with Crippen molar-refractivity contribution in [2.24, 2.45) is 0 Å². The Kier molecular flexibility index (Phi) is 3.02. The van der Waals surface area contributed by atoms with Crippen molar-refractivity contribution in [3.63, 3.8) is 0 Å². The monoisotopic (exact) mass is 262 g/mol. The SMILES string of the molecule is Nc1ncc(Cc2ccccc2)cc1Br. The van der Waals surface area contributed by atoms with Crippen LogP contribution in [0.4, 0.5) is 5.82 Å². The number of nitrogens with two attached hydrogens (primary N) is 1. The van der Waals surface area contributed by atoms with Crippen LogP contribution in [0.1, 0.15) is 11.1 Å². The van der Waals surface area contributed by atoms with Gasteiger partial charge in [-0.1, -0.05) is 30.3 Å². The zero-order valence-corrected chi connectivity index (χ0v) is 9.74. The third-order valence-electron chi connectivity index (χ3n) is 2.18. The van der Waals surface area contributed by atoms with E-state index in [2.05, 4.69) is 33.0 Å². The van der Waals surface area contributed by atoms with Gasteiger partial charge in [0.05, 0.1) is 4.47 Å². The standard InChI is InChI=1S/C12H11BrN2/c13-11-7-10(8-15-12(11)14)6-9-4-2-1-3-5-9/h1-5,7-8H,6H2,(H2,14,15). The Labute approximate surface area is 97.3 Å². The highest BCUT2D eigenvalue weighted by Gasteiger charge is 2.00. The summed E-state index contributed by atoms with van der Waals surface area (Å²) in [5, 5.41) is 0. The smallest absolute Gasteiger partial charge is 0.137 e. The van der Waals surface area contributed by atoms with E-state index in [0.29, 0.717) is 5.82 Å². The lowest BCUT2D eigenvalue weighted by atomic mass is 10.1. The number of pyridine rings is 1. The van der Waals surface area contributed by atoms with Crippen molar-refractivity contribution in [3.8, 4) is 0 Å². The van der Waals surface area contributed by atoms with Crippen LogP contribution in [0, 0.1) is 0 Å². The second kappa shape index (κ2) is 4.45. The number of nitrogens with zero attached hydrogens (tertiary/aromatic N) is 1. The number of hydrogen-bond acceptors (Lipinski definition) is 2. The Morgan fingerprint density at radius 3 is 2.53 bits per heavy atom. The largest absolute Gasteiger partial charge is 0.383 e. The quantitative estimate of drug-likeness (QED) is 0.904. The Bertz CT molecular complexity index is 454. The molecule has 0 saturated heterocycles. The zero-order chi connectivity index (χ0) is 10.7. The molecule has 0 amide bonds. The Hall–Kier alpha value is -1.35. The summed E-state index contributed by atoms with van der Waals surface area (Å²) in [6.45, 7) is 0. The first kappa shape index (κ1) is 10.2. The fourth-order valence-electron chi connectivity index (χ4n) is 1.42. The van der Waals surface area contributed by atoms with Gasteiger partial charge in [-0.25, -0.2) is 4.98 Å². The molecule has 2 nitrogen and oxygen atoms in total. The zero-order valence-electron chi connectivity index (χ0n) is 8.15.